The van der Waals surface area contributed by atoms with Gasteiger partial charge in [-0.2, -0.15) is 0 Å². The molecule has 7 nitrogen and oxygen atoms in total. The molecule has 0 radical (unpaired) electrons. The van der Waals surface area contributed by atoms with Gasteiger partial charge in [-0.3, -0.25) is 9.59 Å². The lowest BCUT2D eigenvalue weighted by Crippen LogP contribution is -2.55. The molecule has 0 aliphatic carbocycles. The van der Waals surface area contributed by atoms with E-state index < -0.39 is 5.54 Å². The van der Waals surface area contributed by atoms with Crippen molar-refractivity contribution in [3.8, 4) is 5.75 Å². The number of aliphatic hydroxyl groups is 1. The van der Waals surface area contributed by atoms with Crippen LogP contribution < -0.4 is 9.64 Å². The summed E-state index contributed by atoms with van der Waals surface area (Å²) in [5, 5.41) is 8.82. The van der Waals surface area contributed by atoms with Crippen LogP contribution >= 0.6 is 0 Å². The Morgan fingerprint density at radius 2 is 2.00 bits per heavy atom. The molecule has 0 bridgehead atoms. The molecule has 0 saturated carbocycles. The van der Waals surface area contributed by atoms with Crippen LogP contribution in [0.15, 0.2) is 53.5 Å². The average Bonchev–Trinajstić information content (AvgIpc) is 3.14. The van der Waals surface area contributed by atoms with Gasteiger partial charge >= 0.3 is 0 Å². The van der Waals surface area contributed by atoms with E-state index in [1.54, 1.807) is 18.2 Å². The monoisotopic (exact) mass is 394 g/mol. The molecule has 2 aliphatic heterocycles. The highest BCUT2D eigenvalue weighted by Crippen LogP contribution is 2.38. The number of aliphatic imine (C=N–C) groups is 1. The van der Waals surface area contributed by atoms with Crippen LogP contribution in [-0.4, -0.2) is 48.2 Å². The molecule has 2 amide bonds. The highest BCUT2D eigenvalue weighted by Gasteiger charge is 2.51. The van der Waals surface area contributed by atoms with Crippen LogP contribution in [0, 0.1) is 0 Å². The van der Waals surface area contributed by atoms with Gasteiger partial charge in [0.15, 0.2) is 5.54 Å². The topological polar surface area (TPSA) is 88.4 Å². The molecule has 7 heteroatoms. The second-order valence-corrected chi connectivity index (χ2v) is 7.15. The van der Waals surface area contributed by atoms with Crippen molar-refractivity contribution in [3.63, 3.8) is 0 Å². The minimum absolute atomic E-state index is 0.0826. The zero-order chi connectivity index (χ0) is 20.4. The lowest BCUT2D eigenvalue weighted by Gasteiger charge is -2.35. The Bertz CT molecular complexity index is 969. The van der Waals surface area contributed by atoms with Gasteiger partial charge in [0.25, 0.3) is 5.91 Å². The molecule has 150 valence electrons. The van der Waals surface area contributed by atoms with Gasteiger partial charge in [0, 0.05) is 31.9 Å². The smallest absolute Gasteiger partial charge is 0.265 e. The van der Waals surface area contributed by atoms with Gasteiger partial charge in [-0.25, -0.2) is 9.89 Å². The van der Waals surface area contributed by atoms with E-state index in [0.717, 1.165) is 11.1 Å². The normalized spacial score (nSPS) is 20.3. The Labute approximate surface area is 168 Å². The van der Waals surface area contributed by atoms with Gasteiger partial charge in [0.1, 0.15) is 12.4 Å². The standard InChI is InChI=1S/C22H22N2O5/c1-15(26)24-19-6-3-2-5-17(19)13-22(21(24)27)14-29-20(23-22)16-7-9-18(10-8-16)28-12-4-11-25/h2-3,5-10,25H,4,11-14H2,1H3/t22-/m1/s1. The highest BCUT2D eigenvalue weighted by molar-refractivity contribution is 6.20. The van der Waals surface area contributed by atoms with E-state index in [-0.39, 0.29) is 25.0 Å². The summed E-state index contributed by atoms with van der Waals surface area (Å²) in [5.74, 6) is 0.362. The molecule has 2 aliphatic rings. The number of fused-ring (bicyclic) bond motifs is 1. The maximum atomic E-state index is 13.2. The van der Waals surface area contributed by atoms with Crippen LogP contribution in [0.25, 0.3) is 0 Å². The SMILES string of the molecule is CC(=O)N1C(=O)[C@]2(COC(c3ccc(OCCCO)cc3)=N2)Cc2ccccc21. The first-order valence-electron chi connectivity index (χ1n) is 9.54. The molecule has 0 unspecified atom stereocenters. The third-order valence-electron chi connectivity index (χ3n) is 5.07. The Balaban J connectivity index is 1.62. The quantitative estimate of drug-likeness (QED) is 0.785. The first-order valence-corrected chi connectivity index (χ1v) is 9.54. The minimum atomic E-state index is -1.13. The van der Waals surface area contributed by atoms with Crippen molar-refractivity contribution in [3.05, 3.63) is 59.7 Å². The number of aliphatic hydroxyl groups excluding tert-OH is 1. The second-order valence-electron chi connectivity index (χ2n) is 7.15. The molecule has 1 spiro atoms. The molecule has 4 rings (SSSR count). The Hall–Kier alpha value is -3.19. The van der Waals surface area contributed by atoms with Crippen LogP contribution in [-0.2, 0) is 20.7 Å². The summed E-state index contributed by atoms with van der Waals surface area (Å²) < 4.78 is 11.3. The summed E-state index contributed by atoms with van der Waals surface area (Å²) in [7, 11) is 0. The number of amides is 2. The van der Waals surface area contributed by atoms with Gasteiger partial charge in [-0.15, -0.1) is 0 Å². The molecule has 0 saturated heterocycles. The molecule has 2 aromatic rings. The largest absolute Gasteiger partial charge is 0.494 e. The highest BCUT2D eigenvalue weighted by atomic mass is 16.5. The molecule has 2 aromatic carbocycles. The van der Waals surface area contributed by atoms with Crippen molar-refractivity contribution >= 4 is 23.4 Å². The summed E-state index contributed by atoms with van der Waals surface area (Å²) in [5.41, 5.74) is 1.11. The Morgan fingerprint density at radius 1 is 1.24 bits per heavy atom. The van der Waals surface area contributed by atoms with Crippen molar-refractivity contribution in [2.75, 3.05) is 24.7 Å². The zero-order valence-electron chi connectivity index (χ0n) is 16.1. The summed E-state index contributed by atoms with van der Waals surface area (Å²) in [6.07, 6.45) is 0.952. The summed E-state index contributed by atoms with van der Waals surface area (Å²) in [4.78, 5) is 31.2. The fourth-order valence-electron chi connectivity index (χ4n) is 3.64. The zero-order valence-corrected chi connectivity index (χ0v) is 16.1. The number of para-hydroxylation sites is 1. The fraction of sp³-hybridized carbons (Fsp3) is 0.318. The Morgan fingerprint density at radius 3 is 2.72 bits per heavy atom. The second kappa shape index (κ2) is 7.67. The van der Waals surface area contributed by atoms with E-state index in [2.05, 4.69) is 4.99 Å². The van der Waals surface area contributed by atoms with E-state index in [0.29, 0.717) is 36.8 Å². The maximum Gasteiger partial charge on any atom is 0.265 e. The van der Waals surface area contributed by atoms with Gasteiger partial charge in [-0.05, 0) is 35.9 Å². The number of benzene rings is 2. The molecule has 1 atom stereocenters. The predicted molar refractivity (Wildman–Crippen MR) is 107 cm³/mol. The van der Waals surface area contributed by atoms with E-state index in [1.807, 2.05) is 30.3 Å². The minimum Gasteiger partial charge on any atom is -0.494 e. The van der Waals surface area contributed by atoms with E-state index in [1.165, 1.54) is 11.8 Å². The van der Waals surface area contributed by atoms with Crippen LogP contribution in [0.4, 0.5) is 5.69 Å². The van der Waals surface area contributed by atoms with Crippen molar-refractivity contribution in [2.45, 2.75) is 25.3 Å². The number of hydrogen-bond acceptors (Lipinski definition) is 6. The molecule has 1 N–H and O–H groups in total. The molecule has 2 heterocycles. The average molecular weight is 394 g/mol. The van der Waals surface area contributed by atoms with E-state index >= 15 is 0 Å². The van der Waals surface area contributed by atoms with Crippen LogP contribution in [0.3, 0.4) is 0 Å². The number of carbonyl (C=O) groups excluding carboxylic acids is 2. The van der Waals surface area contributed by atoms with Crippen molar-refractivity contribution in [1.82, 2.24) is 0 Å². The first kappa shape index (κ1) is 19.1. The van der Waals surface area contributed by atoms with Crippen molar-refractivity contribution in [2.24, 2.45) is 4.99 Å². The Kier molecular flexibility index (Phi) is 5.07. The summed E-state index contributed by atoms with van der Waals surface area (Å²) in [6, 6.07) is 14.6. The number of anilines is 1. The molecule has 29 heavy (non-hydrogen) atoms. The van der Waals surface area contributed by atoms with Crippen molar-refractivity contribution in [1.29, 1.82) is 0 Å². The fourth-order valence-corrected chi connectivity index (χ4v) is 3.64. The van der Waals surface area contributed by atoms with E-state index in [9.17, 15) is 9.59 Å². The molecule has 0 aromatic heterocycles. The van der Waals surface area contributed by atoms with Crippen LogP contribution in [0.5, 0.6) is 5.75 Å². The van der Waals surface area contributed by atoms with Crippen LogP contribution in [0.2, 0.25) is 0 Å². The molecule has 0 fully saturated rings. The van der Waals surface area contributed by atoms with Crippen LogP contribution in [0.1, 0.15) is 24.5 Å². The van der Waals surface area contributed by atoms with Gasteiger partial charge < -0.3 is 14.6 Å². The maximum absolute atomic E-state index is 13.2. The molecular weight excluding hydrogens is 372 g/mol. The summed E-state index contributed by atoms with van der Waals surface area (Å²) >= 11 is 0. The number of nitrogens with zero attached hydrogens (tertiary/aromatic N) is 2. The van der Waals surface area contributed by atoms with E-state index in [4.69, 9.17) is 14.6 Å². The predicted octanol–water partition coefficient (Wildman–Crippen LogP) is 2.10. The number of hydrogen-bond donors (Lipinski definition) is 1. The lowest BCUT2D eigenvalue weighted by molar-refractivity contribution is -0.129. The number of rotatable bonds is 5. The molecular formula is C22H22N2O5. The first-order chi connectivity index (χ1) is 14.0. The van der Waals surface area contributed by atoms with Gasteiger partial charge in [-0.1, -0.05) is 18.2 Å². The lowest BCUT2D eigenvalue weighted by atomic mass is 9.85. The third-order valence-corrected chi connectivity index (χ3v) is 5.07. The number of carbonyl (C=O) groups is 2. The van der Waals surface area contributed by atoms with Gasteiger partial charge in [0.2, 0.25) is 11.8 Å². The van der Waals surface area contributed by atoms with Crippen molar-refractivity contribution < 1.29 is 24.2 Å². The number of imide groups is 1. The summed E-state index contributed by atoms with van der Waals surface area (Å²) in [6.45, 7) is 1.99. The third kappa shape index (κ3) is 3.49. The van der Waals surface area contributed by atoms with Gasteiger partial charge in [0.05, 0.1) is 12.3 Å². The number of ether oxygens (including phenoxy) is 2.